The Kier molecular flexibility index (Phi) is 5.53. The molecule has 25 heavy (non-hydrogen) atoms. The molecule has 0 unspecified atom stereocenters. The number of amides is 1. The molecule has 1 aliphatic heterocycles. The minimum Gasteiger partial charge on any atom is -0.372 e. The van der Waals surface area contributed by atoms with E-state index in [2.05, 4.69) is 58.6 Å². The lowest BCUT2D eigenvalue weighted by atomic mass is 10.2. The van der Waals surface area contributed by atoms with Gasteiger partial charge in [-0.05, 0) is 55.2 Å². The molecule has 1 saturated heterocycles. The van der Waals surface area contributed by atoms with Crippen molar-refractivity contribution in [2.24, 2.45) is 5.92 Å². The number of rotatable bonds is 6. The van der Waals surface area contributed by atoms with Gasteiger partial charge in [0, 0.05) is 42.9 Å². The maximum atomic E-state index is 12.1. The molecule has 0 atom stereocenters. The summed E-state index contributed by atoms with van der Waals surface area (Å²) in [6.07, 6.45) is 4.21. The summed E-state index contributed by atoms with van der Waals surface area (Å²) < 4.78 is 0. The Hall–Kier alpha value is -2.56. The van der Waals surface area contributed by atoms with Crippen molar-refractivity contribution in [1.82, 2.24) is 10.3 Å². The lowest BCUT2D eigenvalue weighted by Gasteiger charge is -2.18. The molecule has 132 valence electrons. The average Bonchev–Trinajstić information content (AvgIpc) is 3.15. The number of pyridine rings is 1. The Morgan fingerprint density at radius 2 is 1.84 bits per heavy atom. The van der Waals surface area contributed by atoms with Gasteiger partial charge in [0.15, 0.2) is 0 Å². The summed E-state index contributed by atoms with van der Waals surface area (Å²) in [7, 11) is 0. The zero-order chi connectivity index (χ0) is 17.6. The fourth-order valence-electron chi connectivity index (χ4n) is 2.92. The van der Waals surface area contributed by atoms with Crippen LogP contribution in [0, 0.1) is 5.92 Å². The van der Waals surface area contributed by atoms with Gasteiger partial charge in [-0.25, -0.2) is 0 Å². The highest BCUT2D eigenvalue weighted by Crippen LogP contribution is 2.24. The fourth-order valence-corrected chi connectivity index (χ4v) is 2.92. The van der Waals surface area contributed by atoms with Gasteiger partial charge in [0.05, 0.1) is 0 Å². The number of nitrogens with zero attached hydrogens (tertiary/aromatic N) is 2. The van der Waals surface area contributed by atoms with Gasteiger partial charge in [-0.2, -0.15) is 0 Å². The number of carbonyl (C=O) groups is 1. The lowest BCUT2D eigenvalue weighted by molar-refractivity contribution is 0.0944. The molecule has 0 radical (unpaired) electrons. The second kappa shape index (κ2) is 8.01. The highest BCUT2D eigenvalue weighted by Gasteiger charge is 2.12. The molecule has 0 bridgehead atoms. The van der Waals surface area contributed by atoms with E-state index < -0.39 is 0 Å². The first-order chi connectivity index (χ1) is 12.1. The van der Waals surface area contributed by atoms with E-state index >= 15 is 0 Å². The molecule has 2 heterocycles. The van der Waals surface area contributed by atoms with Crippen LogP contribution in [0.4, 0.5) is 17.1 Å². The second-order valence-electron chi connectivity index (χ2n) is 6.90. The number of aromatic nitrogens is 1. The van der Waals surface area contributed by atoms with Crippen molar-refractivity contribution >= 4 is 23.0 Å². The van der Waals surface area contributed by atoms with Crippen LogP contribution in [-0.2, 0) is 0 Å². The molecule has 0 saturated carbocycles. The third-order valence-corrected chi connectivity index (χ3v) is 4.29. The van der Waals surface area contributed by atoms with Crippen LogP contribution in [-0.4, -0.2) is 30.5 Å². The first kappa shape index (κ1) is 17.3. The minimum absolute atomic E-state index is 0.137. The molecule has 1 aromatic carbocycles. The predicted octanol–water partition coefficient (Wildman–Crippen LogP) is 3.81. The molecular formula is C20H26N4O. The van der Waals surface area contributed by atoms with Crippen LogP contribution in [0.1, 0.15) is 37.2 Å². The van der Waals surface area contributed by atoms with E-state index in [9.17, 15) is 4.79 Å². The number of hydrogen-bond acceptors (Lipinski definition) is 4. The molecule has 2 N–H and O–H groups in total. The summed E-state index contributed by atoms with van der Waals surface area (Å²) >= 11 is 0. The third kappa shape index (κ3) is 4.72. The summed E-state index contributed by atoms with van der Waals surface area (Å²) in [5.74, 6) is 0.279. The van der Waals surface area contributed by atoms with E-state index in [1.54, 1.807) is 12.3 Å². The Labute approximate surface area is 149 Å². The van der Waals surface area contributed by atoms with Crippen molar-refractivity contribution in [2.75, 3.05) is 29.9 Å². The lowest BCUT2D eigenvalue weighted by Crippen LogP contribution is -2.28. The number of anilines is 3. The van der Waals surface area contributed by atoms with Gasteiger partial charge in [-0.3, -0.25) is 9.78 Å². The van der Waals surface area contributed by atoms with Gasteiger partial charge in [0.2, 0.25) is 0 Å². The van der Waals surface area contributed by atoms with Gasteiger partial charge in [0.25, 0.3) is 5.91 Å². The van der Waals surface area contributed by atoms with E-state index in [4.69, 9.17) is 0 Å². The fraction of sp³-hybridized carbons (Fsp3) is 0.400. The molecule has 1 aromatic heterocycles. The normalized spacial score (nSPS) is 14.0. The zero-order valence-electron chi connectivity index (χ0n) is 15.0. The van der Waals surface area contributed by atoms with E-state index in [1.807, 2.05) is 6.07 Å². The first-order valence-electron chi connectivity index (χ1n) is 8.98. The van der Waals surface area contributed by atoms with Crippen LogP contribution in [0.5, 0.6) is 0 Å². The summed E-state index contributed by atoms with van der Waals surface area (Å²) in [5, 5.41) is 6.24. The van der Waals surface area contributed by atoms with Crippen LogP contribution in [0.3, 0.4) is 0 Å². The Morgan fingerprint density at radius 1 is 1.12 bits per heavy atom. The number of hydrogen-bond donors (Lipinski definition) is 2. The first-order valence-corrected chi connectivity index (χ1v) is 8.98. The van der Waals surface area contributed by atoms with Crippen molar-refractivity contribution in [3.63, 3.8) is 0 Å². The SMILES string of the molecule is CC(C)CNC(=O)c1cc(Nc2ccc(N3CCCC3)cc2)ccn1. The molecule has 0 aliphatic carbocycles. The van der Waals surface area contributed by atoms with Crippen LogP contribution >= 0.6 is 0 Å². The van der Waals surface area contributed by atoms with E-state index in [1.165, 1.54) is 18.5 Å². The molecule has 3 rings (SSSR count). The highest BCUT2D eigenvalue weighted by molar-refractivity contribution is 5.93. The molecule has 1 amide bonds. The molecule has 1 fully saturated rings. The Morgan fingerprint density at radius 3 is 2.52 bits per heavy atom. The summed E-state index contributed by atoms with van der Waals surface area (Å²) in [5.41, 5.74) is 3.56. The predicted molar refractivity (Wildman–Crippen MR) is 103 cm³/mol. The molecular weight excluding hydrogens is 312 g/mol. The van der Waals surface area contributed by atoms with Crippen molar-refractivity contribution in [2.45, 2.75) is 26.7 Å². The number of benzene rings is 1. The molecule has 0 spiro atoms. The summed E-state index contributed by atoms with van der Waals surface area (Å²) in [6.45, 7) is 7.07. The van der Waals surface area contributed by atoms with Crippen LogP contribution < -0.4 is 15.5 Å². The largest absolute Gasteiger partial charge is 0.372 e. The maximum absolute atomic E-state index is 12.1. The standard InChI is InChI=1S/C20H26N4O/c1-15(2)14-22-20(25)19-13-17(9-10-21-19)23-16-5-7-18(8-6-16)24-11-3-4-12-24/h5-10,13,15H,3-4,11-12,14H2,1-2H3,(H,21,23)(H,22,25). The monoisotopic (exact) mass is 338 g/mol. The Balaban J connectivity index is 1.64. The second-order valence-corrected chi connectivity index (χ2v) is 6.90. The highest BCUT2D eigenvalue weighted by atomic mass is 16.1. The molecule has 5 nitrogen and oxygen atoms in total. The minimum atomic E-state index is -0.137. The van der Waals surface area contributed by atoms with Gasteiger partial charge >= 0.3 is 0 Å². The van der Waals surface area contributed by atoms with Crippen molar-refractivity contribution < 1.29 is 4.79 Å². The van der Waals surface area contributed by atoms with E-state index in [-0.39, 0.29) is 5.91 Å². The smallest absolute Gasteiger partial charge is 0.269 e. The van der Waals surface area contributed by atoms with Gasteiger partial charge in [-0.1, -0.05) is 13.8 Å². The van der Waals surface area contributed by atoms with E-state index in [0.29, 0.717) is 18.2 Å². The van der Waals surface area contributed by atoms with Crippen LogP contribution in [0.15, 0.2) is 42.6 Å². The molecule has 2 aromatic rings. The summed E-state index contributed by atoms with van der Waals surface area (Å²) in [6, 6.07) is 12.1. The maximum Gasteiger partial charge on any atom is 0.269 e. The van der Waals surface area contributed by atoms with Gasteiger partial charge in [0.1, 0.15) is 5.69 Å². The third-order valence-electron chi connectivity index (χ3n) is 4.29. The number of carbonyl (C=O) groups excluding carboxylic acids is 1. The topological polar surface area (TPSA) is 57.3 Å². The zero-order valence-corrected chi connectivity index (χ0v) is 15.0. The van der Waals surface area contributed by atoms with Crippen molar-refractivity contribution in [3.05, 3.63) is 48.3 Å². The van der Waals surface area contributed by atoms with Crippen molar-refractivity contribution in [3.8, 4) is 0 Å². The van der Waals surface area contributed by atoms with Crippen LogP contribution in [0.2, 0.25) is 0 Å². The van der Waals surface area contributed by atoms with Gasteiger partial charge in [-0.15, -0.1) is 0 Å². The summed E-state index contributed by atoms with van der Waals surface area (Å²) in [4.78, 5) is 18.7. The van der Waals surface area contributed by atoms with Crippen LogP contribution in [0.25, 0.3) is 0 Å². The van der Waals surface area contributed by atoms with Crippen molar-refractivity contribution in [1.29, 1.82) is 0 Å². The van der Waals surface area contributed by atoms with Gasteiger partial charge < -0.3 is 15.5 Å². The number of nitrogens with one attached hydrogen (secondary N) is 2. The molecule has 5 heteroatoms. The molecule has 1 aliphatic rings. The quantitative estimate of drug-likeness (QED) is 0.841. The average molecular weight is 338 g/mol. The van der Waals surface area contributed by atoms with E-state index in [0.717, 1.165) is 24.5 Å². The Bertz CT molecular complexity index is 706.